The Bertz CT molecular complexity index is 1120. The number of rotatable bonds is 7. The van der Waals surface area contributed by atoms with Crippen molar-refractivity contribution in [2.45, 2.75) is 18.1 Å². The molecule has 0 aliphatic rings. The van der Waals surface area contributed by atoms with Crippen molar-refractivity contribution in [1.82, 2.24) is 19.7 Å². The summed E-state index contributed by atoms with van der Waals surface area (Å²) in [6.45, 7) is 0.564. The minimum atomic E-state index is -3.50. The lowest BCUT2D eigenvalue weighted by Gasteiger charge is -2.08. The molecule has 4 aromatic rings. The first-order valence-electron chi connectivity index (χ1n) is 8.20. The van der Waals surface area contributed by atoms with Gasteiger partial charge in [-0.2, -0.15) is 4.98 Å². The van der Waals surface area contributed by atoms with Gasteiger partial charge >= 0.3 is 0 Å². The van der Waals surface area contributed by atoms with Gasteiger partial charge in [-0.3, -0.25) is 0 Å². The van der Waals surface area contributed by atoms with E-state index < -0.39 is 9.84 Å². The molecule has 0 amide bonds. The van der Waals surface area contributed by atoms with Crippen LogP contribution in [-0.2, 0) is 27.9 Å². The Hall–Kier alpha value is -2.78. The number of hydrogen-bond acceptors (Lipinski definition) is 7. The second-order valence-corrected chi connectivity index (χ2v) is 8.99. The van der Waals surface area contributed by atoms with E-state index in [1.54, 1.807) is 12.4 Å². The van der Waals surface area contributed by atoms with Crippen molar-refractivity contribution in [3.05, 3.63) is 77.5 Å². The van der Waals surface area contributed by atoms with Crippen molar-refractivity contribution in [2.24, 2.45) is 0 Å². The number of thiophene rings is 1. The van der Waals surface area contributed by atoms with E-state index in [4.69, 9.17) is 4.52 Å². The highest BCUT2D eigenvalue weighted by Gasteiger charge is 2.21. The van der Waals surface area contributed by atoms with Gasteiger partial charge in [0.25, 0.3) is 0 Å². The average Bonchev–Trinajstić information content (AvgIpc) is 3.38. The predicted octanol–water partition coefficient (Wildman–Crippen LogP) is 3.16. The molecule has 1 aromatic carbocycles. The maximum Gasteiger partial charge on any atom is 0.242 e. The van der Waals surface area contributed by atoms with Crippen molar-refractivity contribution in [3.63, 3.8) is 0 Å². The molecular formula is C18H16N4O3S2. The van der Waals surface area contributed by atoms with Crippen LogP contribution in [0, 0.1) is 0 Å². The zero-order valence-corrected chi connectivity index (χ0v) is 15.9. The lowest BCUT2D eigenvalue weighted by Crippen LogP contribution is -2.13. The fourth-order valence-corrected chi connectivity index (χ4v) is 4.54. The molecular weight excluding hydrogens is 384 g/mol. The Labute approximate surface area is 160 Å². The monoisotopic (exact) mass is 400 g/mol. The maximum absolute atomic E-state index is 12.6. The second-order valence-electron chi connectivity index (χ2n) is 5.98. The summed E-state index contributed by atoms with van der Waals surface area (Å²) in [7, 11) is -3.50. The molecule has 3 aromatic heterocycles. The third-order valence-electron chi connectivity index (χ3n) is 3.90. The Morgan fingerprint density at radius 1 is 1.07 bits per heavy atom. The molecule has 0 radical (unpaired) electrons. The molecule has 4 rings (SSSR count). The summed E-state index contributed by atoms with van der Waals surface area (Å²) in [6.07, 6.45) is 3.38. The maximum atomic E-state index is 12.6. The fraction of sp³-hybridized carbons (Fsp3) is 0.167. The molecule has 138 valence electrons. The van der Waals surface area contributed by atoms with E-state index in [9.17, 15) is 8.42 Å². The summed E-state index contributed by atoms with van der Waals surface area (Å²) in [4.78, 5) is 9.22. The van der Waals surface area contributed by atoms with Crippen LogP contribution in [0.25, 0.3) is 10.7 Å². The Balaban J connectivity index is 1.47. The first kappa shape index (κ1) is 17.6. The van der Waals surface area contributed by atoms with Crippen LogP contribution in [0.4, 0.5) is 0 Å². The van der Waals surface area contributed by atoms with E-state index in [2.05, 4.69) is 15.1 Å². The van der Waals surface area contributed by atoms with Crippen LogP contribution >= 0.6 is 11.3 Å². The molecule has 0 spiro atoms. The Kier molecular flexibility index (Phi) is 4.87. The van der Waals surface area contributed by atoms with Gasteiger partial charge in [0.1, 0.15) is 17.3 Å². The van der Waals surface area contributed by atoms with Crippen molar-refractivity contribution < 1.29 is 12.9 Å². The number of hydrogen-bond donors (Lipinski definition) is 0. The Morgan fingerprint density at radius 3 is 2.70 bits per heavy atom. The standard InChI is InChI=1S/C18H16N4O3S2/c23-27(24,13-17-20-18(21-25-17)15-7-4-10-26-15)12-16-19-8-9-22(16)11-14-5-2-1-3-6-14/h1-10H,11-13H2. The second kappa shape index (κ2) is 7.45. The van der Waals surface area contributed by atoms with Gasteiger partial charge < -0.3 is 9.09 Å². The van der Waals surface area contributed by atoms with Crippen molar-refractivity contribution >= 4 is 21.2 Å². The topological polar surface area (TPSA) is 90.9 Å². The van der Waals surface area contributed by atoms with Gasteiger partial charge in [-0.1, -0.05) is 41.6 Å². The molecule has 3 heterocycles. The normalized spacial score (nSPS) is 11.7. The molecule has 0 N–H and O–H groups in total. The molecule has 0 bridgehead atoms. The first-order chi connectivity index (χ1) is 13.1. The molecule has 0 aliphatic heterocycles. The molecule has 9 heteroatoms. The molecule has 0 atom stereocenters. The zero-order chi connectivity index (χ0) is 18.7. The van der Waals surface area contributed by atoms with Crippen LogP contribution in [0.15, 0.2) is 64.8 Å². The van der Waals surface area contributed by atoms with E-state index in [0.717, 1.165) is 10.4 Å². The molecule has 27 heavy (non-hydrogen) atoms. The van der Waals surface area contributed by atoms with Gasteiger partial charge in [0.2, 0.25) is 11.7 Å². The summed E-state index contributed by atoms with van der Waals surface area (Å²) in [6, 6.07) is 13.5. The van der Waals surface area contributed by atoms with Crippen LogP contribution in [0.3, 0.4) is 0 Å². The van der Waals surface area contributed by atoms with Gasteiger partial charge in [0, 0.05) is 18.9 Å². The SMILES string of the molecule is O=S(=O)(Cc1nc(-c2cccs2)no1)Cc1nccn1Cc1ccccc1. The van der Waals surface area contributed by atoms with Crippen LogP contribution in [0.2, 0.25) is 0 Å². The van der Waals surface area contributed by atoms with Crippen LogP contribution in [-0.4, -0.2) is 28.1 Å². The Morgan fingerprint density at radius 2 is 1.93 bits per heavy atom. The number of aromatic nitrogens is 4. The molecule has 0 unspecified atom stereocenters. The highest BCUT2D eigenvalue weighted by atomic mass is 32.2. The third-order valence-corrected chi connectivity index (χ3v) is 6.15. The highest BCUT2D eigenvalue weighted by Crippen LogP contribution is 2.22. The van der Waals surface area contributed by atoms with Gasteiger partial charge in [-0.25, -0.2) is 13.4 Å². The first-order valence-corrected chi connectivity index (χ1v) is 10.9. The zero-order valence-electron chi connectivity index (χ0n) is 14.2. The summed E-state index contributed by atoms with van der Waals surface area (Å²) in [5, 5.41) is 5.75. The van der Waals surface area contributed by atoms with Gasteiger partial charge in [0.15, 0.2) is 9.84 Å². The number of nitrogens with zero attached hydrogens (tertiary/aromatic N) is 4. The minimum absolute atomic E-state index is 0.0829. The summed E-state index contributed by atoms with van der Waals surface area (Å²) in [5.41, 5.74) is 1.08. The van der Waals surface area contributed by atoms with E-state index in [0.29, 0.717) is 18.2 Å². The lowest BCUT2D eigenvalue weighted by atomic mass is 10.2. The van der Waals surface area contributed by atoms with Gasteiger partial charge in [0.05, 0.1) is 4.88 Å². The van der Waals surface area contributed by atoms with Crippen molar-refractivity contribution in [1.29, 1.82) is 0 Å². The molecule has 0 fully saturated rings. The third kappa shape index (κ3) is 4.32. The number of benzene rings is 1. The lowest BCUT2D eigenvalue weighted by molar-refractivity contribution is 0.389. The average molecular weight is 400 g/mol. The molecule has 7 nitrogen and oxygen atoms in total. The summed E-state index contributed by atoms with van der Waals surface area (Å²) < 4.78 is 32.1. The summed E-state index contributed by atoms with van der Waals surface area (Å²) in [5.74, 6) is 0.463. The quantitative estimate of drug-likeness (QED) is 0.473. The van der Waals surface area contributed by atoms with E-state index in [-0.39, 0.29) is 17.4 Å². The van der Waals surface area contributed by atoms with Crippen LogP contribution < -0.4 is 0 Å². The molecule has 0 aliphatic carbocycles. The largest absolute Gasteiger partial charge is 0.338 e. The number of sulfone groups is 1. The van der Waals surface area contributed by atoms with Gasteiger partial charge in [-0.15, -0.1) is 11.3 Å². The van der Waals surface area contributed by atoms with E-state index >= 15 is 0 Å². The smallest absolute Gasteiger partial charge is 0.242 e. The van der Waals surface area contributed by atoms with Crippen LogP contribution in [0.1, 0.15) is 17.3 Å². The van der Waals surface area contributed by atoms with Crippen molar-refractivity contribution in [3.8, 4) is 10.7 Å². The predicted molar refractivity (Wildman–Crippen MR) is 102 cm³/mol. The number of imidazole rings is 1. The highest BCUT2D eigenvalue weighted by molar-refractivity contribution is 7.89. The van der Waals surface area contributed by atoms with Crippen LogP contribution in [0.5, 0.6) is 0 Å². The summed E-state index contributed by atoms with van der Waals surface area (Å²) >= 11 is 1.47. The minimum Gasteiger partial charge on any atom is -0.338 e. The van der Waals surface area contributed by atoms with Crippen molar-refractivity contribution in [2.75, 3.05) is 0 Å². The molecule has 0 saturated heterocycles. The van der Waals surface area contributed by atoms with E-state index in [1.807, 2.05) is 52.4 Å². The molecule has 0 saturated carbocycles. The fourth-order valence-electron chi connectivity index (χ4n) is 2.66. The van der Waals surface area contributed by atoms with Gasteiger partial charge in [-0.05, 0) is 17.0 Å². The van der Waals surface area contributed by atoms with E-state index in [1.165, 1.54) is 11.3 Å².